The van der Waals surface area contributed by atoms with E-state index in [0.717, 1.165) is 6.92 Å². The molecule has 0 heterocycles. The maximum absolute atomic E-state index is 10.1. The molecule has 0 fully saturated rings. The van der Waals surface area contributed by atoms with Crippen molar-refractivity contribution in [2.24, 2.45) is 0 Å². The highest BCUT2D eigenvalue weighted by Crippen LogP contribution is 2.04. The van der Waals surface area contributed by atoms with E-state index in [1.807, 2.05) is 0 Å². The van der Waals surface area contributed by atoms with E-state index in [1.165, 1.54) is 6.08 Å². The molecule has 0 aliphatic carbocycles. The van der Waals surface area contributed by atoms with Gasteiger partial charge in [-0.05, 0) is 0 Å². The lowest BCUT2D eigenvalue weighted by Crippen LogP contribution is -2.37. The van der Waals surface area contributed by atoms with Gasteiger partial charge in [-0.2, -0.15) is 0 Å². The quantitative estimate of drug-likeness (QED) is 0.432. The topological polar surface area (TPSA) is 66.8 Å². The number of carboxylic acids is 1. The third-order valence-corrected chi connectivity index (χ3v) is 0.879. The highest BCUT2D eigenvalue weighted by atomic mass is 16.6. The highest BCUT2D eigenvalue weighted by Gasteiger charge is 2.30. The molecule has 2 N–H and O–H groups in total. The summed E-state index contributed by atoms with van der Waals surface area (Å²) in [5.41, 5.74) is 0. The summed E-state index contributed by atoms with van der Waals surface area (Å²) in [6.45, 7) is 4.36. The van der Waals surface area contributed by atoms with Gasteiger partial charge in [0.15, 0.2) is 0 Å². The van der Waals surface area contributed by atoms with E-state index in [4.69, 9.17) is 10.2 Å². The summed E-state index contributed by atoms with van der Waals surface area (Å²) in [4.78, 5) is 10.1. The number of carbonyl (C=O) groups is 1. The zero-order valence-corrected chi connectivity index (χ0v) is 5.70. The first-order valence-corrected chi connectivity index (χ1v) is 2.71. The third kappa shape index (κ3) is 2.61. The largest absolute Gasteiger partial charge is 0.477 e. The standard InChI is InChI=1S/C6H10O4/c1-3-4-10-6(2,9)5(7)8/h3,9H,1,4H2,2H3,(H,7,8). The summed E-state index contributed by atoms with van der Waals surface area (Å²) in [6.07, 6.45) is 1.36. The predicted molar refractivity (Wildman–Crippen MR) is 34.4 cm³/mol. The maximum atomic E-state index is 10.1. The van der Waals surface area contributed by atoms with Crippen LogP contribution in [0.3, 0.4) is 0 Å². The maximum Gasteiger partial charge on any atom is 0.363 e. The first-order valence-electron chi connectivity index (χ1n) is 2.71. The number of hydrogen-bond donors (Lipinski definition) is 2. The minimum absolute atomic E-state index is 0.0132. The molecular weight excluding hydrogens is 136 g/mol. The van der Waals surface area contributed by atoms with Crippen LogP contribution in [0, 0.1) is 0 Å². The minimum atomic E-state index is -2.10. The Kier molecular flexibility index (Phi) is 3.05. The molecule has 0 aliphatic rings. The van der Waals surface area contributed by atoms with Crippen molar-refractivity contribution in [1.82, 2.24) is 0 Å². The van der Waals surface area contributed by atoms with Crippen LogP contribution in [0.4, 0.5) is 0 Å². The van der Waals surface area contributed by atoms with Gasteiger partial charge in [0.2, 0.25) is 0 Å². The Hall–Kier alpha value is -0.870. The van der Waals surface area contributed by atoms with Crippen LogP contribution in [0.5, 0.6) is 0 Å². The molecule has 0 bridgehead atoms. The number of ether oxygens (including phenoxy) is 1. The molecule has 0 aromatic rings. The molecule has 4 nitrogen and oxygen atoms in total. The van der Waals surface area contributed by atoms with Crippen LogP contribution in [-0.4, -0.2) is 28.6 Å². The summed E-state index contributed by atoms with van der Waals surface area (Å²) in [5, 5.41) is 17.1. The van der Waals surface area contributed by atoms with E-state index in [0.29, 0.717) is 0 Å². The fourth-order valence-electron chi connectivity index (χ4n) is 0.283. The van der Waals surface area contributed by atoms with Gasteiger partial charge in [-0.25, -0.2) is 4.79 Å². The van der Waals surface area contributed by atoms with E-state index in [-0.39, 0.29) is 6.61 Å². The van der Waals surface area contributed by atoms with Gasteiger partial charge in [0, 0.05) is 6.92 Å². The number of hydrogen-bond acceptors (Lipinski definition) is 3. The monoisotopic (exact) mass is 146 g/mol. The second-order valence-corrected chi connectivity index (χ2v) is 1.89. The fraction of sp³-hybridized carbons (Fsp3) is 0.500. The first-order chi connectivity index (χ1) is 4.50. The van der Waals surface area contributed by atoms with E-state index >= 15 is 0 Å². The van der Waals surface area contributed by atoms with Gasteiger partial charge in [-0.1, -0.05) is 6.08 Å². The van der Waals surface area contributed by atoms with Crippen molar-refractivity contribution < 1.29 is 19.7 Å². The molecule has 4 heteroatoms. The van der Waals surface area contributed by atoms with Crippen LogP contribution < -0.4 is 0 Å². The normalized spacial score (nSPS) is 15.8. The fourth-order valence-corrected chi connectivity index (χ4v) is 0.283. The van der Waals surface area contributed by atoms with Crippen molar-refractivity contribution in [3.8, 4) is 0 Å². The SMILES string of the molecule is C=CCOC(C)(O)C(=O)O. The molecular formula is C6H10O4. The van der Waals surface area contributed by atoms with Crippen LogP contribution in [-0.2, 0) is 9.53 Å². The molecule has 0 saturated heterocycles. The van der Waals surface area contributed by atoms with Gasteiger partial charge in [0.05, 0.1) is 6.61 Å². The lowest BCUT2D eigenvalue weighted by atomic mass is 10.3. The van der Waals surface area contributed by atoms with E-state index in [1.54, 1.807) is 0 Å². The summed E-state index contributed by atoms with van der Waals surface area (Å²) in [7, 11) is 0. The van der Waals surface area contributed by atoms with Crippen LogP contribution in [0.1, 0.15) is 6.92 Å². The zero-order chi connectivity index (χ0) is 8.20. The second kappa shape index (κ2) is 3.34. The Labute approximate surface area is 58.7 Å². The van der Waals surface area contributed by atoms with Crippen LogP contribution >= 0.6 is 0 Å². The Bertz CT molecular complexity index is 139. The highest BCUT2D eigenvalue weighted by molar-refractivity contribution is 5.74. The van der Waals surface area contributed by atoms with E-state index < -0.39 is 11.8 Å². The second-order valence-electron chi connectivity index (χ2n) is 1.89. The van der Waals surface area contributed by atoms with Gasteiger partial charge < -0.3 is 14.9 Å². The molecule has 0 spiro atoms. The van der Waals surface area contributed by atoms with Crippen LogP contribution in [0.25, 0.3) is 0 Å². The summed E-state index contributed by atoms with van der Waals surface area (Å²) >= 11 is 0. The van der Waals surface area contributed by atoms with Crippen molar-refractivity contribution in [1.29, 1.82) is 0 Å². The average molecular weight is 146 g/mol. The van der Waals surface area contributed by atoms with Crippen LogP contribution in [0.15, 0.2) is 12.7 Å². The number of carboxylic acid groups (broad SMARTS) is 1. The van der Waals surface area contributed by atoms with Crippen molar-refractivity contribution in [3.63, 3.8) is 0 Å². The summed E-state index contributed by atoms with van der Waals surface area (Å²) in [6, 6.07) is 0. The number of rotatable bonds is 4. The number of aliphatic carboxylic acids is 1. The summed E-state index contributed by atoms with van der Waals surface area (Å²) in [5.74, 6) is -3.51. The van der Waals surface area contributed by atoms with Gasteiger partial charge >= 0.3 is 5.97 Å². The lowest BCUT2D eigenvalue weighted by Gasteiger charge is -2.16. The third-order valence-electron chi connectivity index (χ3n) is 0.879. The molecule has 0 aliphatic heterocycles. The molecule has 1 unspecified atom stereocenters. The van der Waals surface area contributed by atoms with E-state index in [9.17, 15) is 4.79 Å². The van der Waals surface area contributed by atoms with Crippen molar-refractivity contribution in [2.75, 3.05) is 6.61 Å². The molecule has 0 aromatic heterocycles. The molecule has 0 rings (SSSR count). The van der Waals surface area contributed by atoms with Gasteiger partial charge in [-0.3, -0.25) is 0 Å². The molecule has 0 amide bonds. The molecule has 0 radical (unpaired) electrons. The Morgan fingerprint density at radius 1 is 1.90 bits per heavy atom. The van der Waals surface area contributed by atoms with Crippen molar-refractivity contribution in [3.05, 3.63) is 12.7 Å². The Morgan fingerprint density at radius 2 is 2.40 bits per heavy atom. The van der Waals surface area contributed by atoms with Gasteiger partial charge in [0.1, 0.15) is 0 Å². The smallest absolute Gasteiger partial charge is 0.363 e. The minimum Gasteiger partial charge on any atom is -0.477 e. The van der Waals surface area contributed by atoms with Crippen LogP contribution in [0.2, 0.25) is 0 Å². The molecule has 0 aromatic carbocycles. The molecule has 10 heavy (non-hydrogen) atoms. The van der Waals surface area contributed by atoms with Gasteiger partial charge in [-0.15, -0.1) is 6.58 Å². The van der Waals surface area contributed by atoms with Crippen molar-refractivity contribution in [2.45, 2.75) is 12.7 Å². The summed E-state index contributed by atoms with van der Waals surface area (Å²) < 4.78 is 4.48. The Balaban J connectivity index is 3.86. The number of aliphatic hydroxyl groups is 1. The lowest BCUT2D eigenvalue weighted by molar-refractivity contribution is -0.212. The first kappa shape index (κ1) is 9.13. The van der Waals surface area contributed by atoms with Crippen molar-refractivity contribution >= 4 is 5.97 Å². The zero-order valence-electron chi connectivity index (χ0n) is 5.70. The predicted octanol–water partition coefficient (Wildman–Crippen LogP) is -0.0179. The molecule has 0 saturated carbocycles. The molecule has 58 valence electrons. The Morgan fingerprint density at radius 3 is 2.70 bits per heavy atom. The molecule has 1 atom stereocenters. The van der Waals surface area contributed by atoms with Gasteiger partial charge in [0.25, 0.3) is 5.79 Å². The van der Waals surface area contributed by atoms with E-state index in [2.05, 4.69) is 11.3 Å². The average Bonchev–Trinajstić information content (AvgIpc) is 1.84.